The Morgan fingerprint density at radius 3 is 1.32 bits per heavy atom. The van der Waals surface area contributed by atoms with Crippen LogP contribution in [0.1, 0.15) is 104 Å². The minimum atomic E-state index is -0.110. The number of rotatable bonds is 19. The van der Waals surface area contributed by atoms with Crippen molar-refractivity contribution in [2.24, 2.45) is 5.41 Å². The van der Waals surface area contributed by atoms with Crippen LogP contribution in [0.3, 0.4) is 0 Å². The van der Waals surface area contributed by atoms with Crippen LogP contribution in [0.2, 0.25) is 0 Å². The molecule has 0 amide bonds. The van der Waals surface area contributed by atoms with Gasteiger partial charge in [0.15, 0.2) is 0 Å². The molecule has 1 rings (SSSR count). The van der Waals surface area contributed by atoms with E-state index in [1.807, 2.05) is 0 Å². The third-order valence-electron chi connectivity index (χ3n) is 8.24. The Morgan fingerprint density at radius 2 is 0.927 bits per heavy atom. The maximum Gasteiger partial charge on any atom is 0.0701 e. The van der Waals surface area contributed by atoms with Crippen molar-refractivity contribution in [2.45, 2.75) is 104 Å². The molecule has 0 aliphatic carbocycles. The van der Waals surface area contributed by atoms with E-state index >= 15 is 0 Å². The lowest BCUT2D eigenvalue weighted by Crippen LogP contribution is -2.41. The molecule has 1 aliphatic rings. The monoisotopic (exact) mass is 589 g/mol. The summed E-state index contributed by atoms with van der Waals surface area (Å²) >= 11 is 0. The second-order valence-electron chi connectivity index (χ2n) is 12.3. The third kappa shape index (κ3) is 23.8. The zero-order chi connectivity index (χ0) is 29.7. The molecule has 0 spiro atoms. The maximum atomic E-state index is 10.3. The first-order chi connectivity index (χ1) is 20.1. The van der Waals surface area contributed by atoms with Gasteiger partial charge in [-0.2, -0.15) is 0 Å². The minimum absolute atomic E-state index is 0.110. The predicted molar refractivity (Wildman–Crippen MR) is 169 cm³/mol. The van der Waals surface area contributed by atoms with Crippen molar-refractivity contribution in [2.75, 3.05) is 105 Å². The van der Waals surface area contributed by atoms with Crippen molar-refractivity contribution in [3.8, 4) is 0 Å². The van der Waals surface area contributed by atoms with E-state index < -0.39 is 0 Å². The summed E-state index contributed by atoms with van der Waals surface area (Å²) in [7, 11) is 0. The molecule has 8 heteroatoms. The zero-order valence-electron chi connectivity index (χ0n) is 27.1. The van der Waals surface area contributed by atoms with Crippen molar-refractivity contribution in [3.05, 3.63) is 0 Å². The number of hydrogen-bond acceptors (Lipinski definition) is 8. The largest absolute Gasteiger partial charge is 0.396 e. The van der Waals surface area contributed by atoms with Crippen molar-refractivity contribution >= 4 is 0 Å². The molecule has 0 aromatic carbocycles. The van der Waals surface area contributed by atoms with Gasteiger partial charge < -0.3 is 29.2 Å². The Morgan fingerprint density at radius 1 is 0.537 bits per heavy atom. The van der Waals surface area contributed by atoms with E-state index in [1.165, 1.54) is 83.5 Å². The number of ether oxygens (including phenoxy) is 4. The quantitative estimate of drug-likeness (QED) is 0.201. The van der Waals surface area contributed by atoms with E-state index in [1.54, 1.807) is 0 Å². The topological polar surface area (TPSA) is 83.9 Å². The lowest BCUT2D eigenvalue weighted by molar-refractivity contribution is -0.00277. The molecule has 1 saturated heterocycles. The zero-order valence-corrected chi connectivity index (χ0v) is 27.1. The Kier molecular flexibility index (Phi) is 26.9. The summed E-state index contributed by atoms with van der Waals surface area (Å²) in [6.07, 6.45) is 18.7. The van der Waals surface area contributed by atoms with Crippen molar-refractivity contribution in [1.29, 1.82) is 0 Å². The van der Waals surface area contributed by atoms with Gasteiger partial charge in [-0.05, 0) is 6.42 Å². The van der Waals surface area contributed by atoms with Gasteiger partial charge in [-0.3, -0.25) is 9.80 Å². The molecule has 1 aliphatic heterocycles. The lowest BCUT2D eigenvalue weighted by Gasteiger charge is -2.34. The van der Waals surface area contributed by atoms with Gasteiger partial charge >= 0.3 is 0 Å². The van der Waals surface area contributed by atoms with Crippen LogP contribution in [0.15, 0.2) is 0 Å². The lowest BCUT2D eigenvalue weighted by atomic mass is 9.84. The van der Waals surface area contributed by atoms with Crippen LogP contribution >= 0.6 is 0 Å². The fraction of sp³-hybridized carbons (Fsp3) is 1.00. The fourth-order valence-electron chi connectivity index (χ4n) is 5.48. The first-order valence-corrected chi connectivity index (χ1v) is 17.1. The molecule has 0 aromatic rings. The van der Waals surface area contributed by atoms with Crippen LogP contribution in [-0.4, -0.2) is 125 Å². The molecule has 0 radical (unpaired) electrons. The standard InChI is InChI=1S/C33H68N2O6/c1-3-4-5-6-7-8-9-10-11-12-13-14-15-16-33(2,32-37)31-35-20-25-40-29-27-38-23-18-34(17-22-36)19-24-39-28-30-41-26-21-35/h36-37H,3-32H2,1-2H3. The van der Waals surface area contributed by atoms with Crippen molar-refractivity contribution in [1.82, 2.24) is 9.80 Å². The summed E-state index contributed by atoms with van der Waals surface area (Å²) in [5.74, 6) is 0. The van der Waals surface area contributed by atoms with Crippen LogP contribution in [0.5, 0.6) is 0 Å². The Bertz CT molecular complexity index is 524. The highest BCUT2D eigenvalue weighted by Gasteiger charge is 2.26. The Labute approximate surface area is 253 Å². The highest BCUT2D eigenvalue weighted by molar-refractivity contribution is 4.78. The number of unbranched alkanes of at least 4 members (excludes halogenated alkanes) is 12. The average Bonchev–Trinajstić information content (AvgIpc) is 2.97. The Hall–Kier alpha value is -0.320. The number of aliphatic hydroxyl groups excluding tert-OH is 2. The second kappa shape index (κ2) is 28.5. The Balaban J connectivity index is 2.29. The SMILES string of the molecule is CCCCCCCCCCCCCCCC(C)(CO)CN1CCOCCOCCN(CCO)CCOCCOCC1. The first kappa shape index (κ1) is 38.7. The molecule has 1 heterocycles. The summed E-state index contributed by atoms with van der Waals surface area (Å²) in [4.78, 5) is 4.54. The molecule has 0 saturated carbocycles. The van der Waals surface area contributed by atoms with Gasteiger partial charge in [-0.25, -0.2) is 0 Å². The molecule has 1 unspecified atom stereocenters. The van der Waals surface area contributed by atoms with Gasteiger partial charge in [0, 0.05) is 51.3 Å². The summed E-state index contributed by atoms with van der Waals surface area (Å²) in [6.45, 7) is 14.3. The van der Waals surface area contributed by atoms with E-state index in [4.69, 9.17) is 18.9 Å². The second-order valence-corrected chi connectivity index (χ2v) is 12.3. The van der Waals surface area contributed by atoms with E-state index in [0.29, 0.717) is 59.4 Å². The van der Waals surface area contributed by atoms with Crippen molar-refractivity contribution < 1.29 is 29.2 Å². The van der Waals surface area contributed by atoms with Crippen LogP contribution < -0.4 is 0 Å². The summed E-state index contributed by atoms with van der Waals surface area (Å²) in [5.41, 5.74) is -0.110. The van der Waals surface area contributed by atoms with Crippen LogP contribution in [0.4, 0.5) is 0 Å². The third-order valence-corrected chi connectivity index (χ3v) is 8.24. The molecule has 0 bridgehead atoms. The number of β-amino-alcohol motifs (C(OH)–C–C–N with tert-alkyl or cyclic N) is 1. The number of aliphatic hydroxyl groups is 2. The van der Waals surface area contributed by atoms with Crippen LogP contribution in [-0.2, 0) is 18.9 Å². The van der Waals surface area contributed by atoms with Gasteiger partial charge in [0.1, 0.15) is 0 Å². The minimum Gasteiger partial charge on any atom is -0.396 e. The fourth-order valence-corrected chi connectivity index (χ4v) is 5.48. The molecule has 2 N–H and O–H groups in total. The predicted octanol–water partition coefficient (Wildman–Crippen LogP) is 5.14. The molecule has 1 fully saturated rings. The van der Waals surface area contributed by atoms with Gasteiger partial charge in [-0.15, -0.1) is 0 Å². The normalized spacial score (nSPS) is 19.9. The summed E-state index contributed by atoms with van der Waals surface area (Å²) in [5, 5.41) is 19.6. The maximum absolute atomic E-state index is 10.3. The van der Waals surface area contributed by atoms with E-state index in [9.17, 15) is 10.2 Å². The highest BCUT2D eigenvalue weighted by atomic mass is 16.5. The summed E-state index contributed by atoms with van der Waals surface area (Å²) in [6, 6.07) is 0. The molecule has 8 nitrogen and oxygen atoms in total. The number of nitrogens with zero attached hydrogens (tertiary/aromatic N) is 2. The van der Waals surface area contributed by atoms with Gasteiger partial charge in [0.25, 0.3) is 0 Å². The summed E-state index contributed by atoms with van der Waals surface area (Å²) < 4.78 is 23.2. The molecular weight excluding hydrogens is 520 g/mol. The average molecular weight is 589 g/mol. The smallest absolute Gasteiger partial charge is 0.0701 e. The first-order valence-electron chi connectivity index (χ1n) is 17.1. The number of hydrogen-bond donors (Lipinski definition) is 2. The molecular formula is C33H68N2O6. The van der Waals surface area contributed by atoms with E-state index in [0.717, 1.165) is 39.1 Å². The van der Waals surface area contributed by atoms with Gasteiger partial charge in [0.2, 0.25) is 0 Å². The molecule has 246 valence electrons. The van der Waals surface area contributed by atoms with E-state index in [-0.39, 0.29) is 18.6 Å². The van der Waals surface area contributed by atoms with Crippen molar-refractivity contribution in [3.63, 3.8) is 0 Å². The van der Waals surface area contributed by atoms with Crippen LogP contribution in [0.25, 0.3) is 0 Å². The highest BCUT2D eigenvalue weighted by Crippen LogP contribution is 2.26. The van der Waals surface area contributed by atoms with Crippen LogP contribution in [0, 0.1) is 5.41 Å². The molecule has 41 heavy (non-hydrogen) atoms. The van der Waals surface area contributed by atoms with Gasteiger partial charge in [0.05, 0.1) is 59.5 Å². The van der Waals surface area contributed by atoms with E-state index in [2.05, 4.69) is 23.6 Å². The van der Waals surface area contributed by atoms with Gasteiger partial charge in [-0.1, -0.05) is 97.3 Å². The molecule has 0 aromatic heterocycles. The molecule has 1 atom stereocenters.